The number of nitrogens with zero attached hydrogens (tertiary/aromatic N) is 4. The standard InChI is InChI=1S/C20H23ClN4O4/c1-3-15-18(13-4-6-14(27-2)7-5-13)29-20(26)25(15)17-12-16(21)22-19(23-17)24-8-10-28-11-9-24/h4-7,12,15,18H,3,8-11H2,1-2H3/t15-,18-/m0/s1. The Balaban J connectivity index is 1.64. The van der Waals surface area contributed by atoms with Gasteiger partial charge in [0.1, 0.15) is 22.8 Å². The van der Waals surface area contributed by atoms with Gasteiger partial charge in [-0.15, -0.1) is 0 Å². The molecule has 3 heterocycles. The van der Waals surface area contributed by atoms with Gasteiger partial charge in [-0.3, -0.25) is 4.90 Å². The number of anilines is 2. The molecule has 1 aromatic carbocycles. The number of carbonyl (C=O) groups is 1. The van der Waals surface area contributed by atoms with E-state index in [-0.39, 0.29) is 11.2 Å². The van der Waals surface area contributed by atoms with E-state index >= 15 is 0 Å². The highest BCUT2D eigenvalue weighted by molar-refractivity contribution is 6.29. The van der Waals surface area contributed by atoms with Crippen LogP contribution in [0.4, 0.5) is 16.6 Å². The minimum atomic E-state index is -0.444. The molecule has 154 valence electrons. The average molecular weight is 419 g/mol. The van der Waals surface area contributed by atoms with Crippen molar-refractivity contribution in [2.24, 2.45) is 0 Å². The Morgan fingerprint density at radius 3 is 2.59 bits per heavy atom. The average Bonchev–Trinajstić information content (AvgIpc) is 3.10. The summed E-state index contributed by atoms with van der Waals surface area (Å²) in [5.41, 5.74) is 0.905. The molecule has 0 radical (unpaired) electrons. The van der Waals surface area contributed by atoms with Gasteiger partial charge in [-0.2, -0.15) is 4.98 Å². The monoisotopic (exact) mass is 418 g/mol. The molecule has 0 saturated carbocycles. The summed E-state index contributed by atoms with van der Waals surface area (Å²) in [5.74, 6) is 1.69. The molecule has 1 aromatic heterocycles. The van der Waals surface area contributed by atoms with Crippen molar-refractivity contribution in [1.29, 1.82) is 0 Å². The smallest absolute Gasteiger partial charge is 0.416 e. The zero-order chi connectivity index (χ0) is 20.4. The summed E-state index contributed by atoms with van der Waals surface area (Å²) in [4.78, 5) is 25.3. The third kappa shape index (κ3) is 3.95. The quantitative estimate of drug-likeness (QED) is 0.688. The van der Waals surface area contributed by atoms with E-state index in [2.05, 4.69) is 9.97 Å². The maximum atomic E-state index is 12.8. The predicted molar refractivity (Wildman–Crippen MR) is 109 cm³/mol. The Hall–Kier alpha value is -2.58. The Bertz CT molecular complexity index is 873. The number of halogens is 1. The number of hydrogen-bond donors (Lipinski definition) is 0. The third-order valence-electron chi connectivity index (χ3n) is 5.18. The number of amides is 1. The molecule has 0 bridgehead atoms. The topological polar surface area (TPSA) is 77.0 Å². The van der Waals surface area contributed by atoms with Crippen LogP contribution in [0, 0.1) is 0 Å². The summed E-state index contributed by atoms with van der Waals surface area (Å²) in [6.45, 7) is 4.58. The molecule has 2 saturated heterocycles. The van der Waals surface area contributed by atoms with Crippen LogP contribution in [-0.4, -0.2) is 55.5 Å². The second kappa shape index (κ2) is 8.42. The highest BCUT2D eigenvalue weighted by atomic mass is 35.5. The number of cyclic esters (lactones) is 1. The van der Waals surface area contributed by atoms with Gasteiger partial charge < -0.3 is 19.1 Å². The Morgan fingerprint density at radius 1 is 1.21 bits per heavy atom. The van der Waals surface area contributed by atoms with Crippen molar-refractivity contribution < 1.29 is 19.0 Å². The number of benzene rings is 1. The van der Waals surface area contributed by atoms with E-state index in [1.165, 1.54) is 0 Å². The molecule has 2 atom stereocenters. The highest BCUT2D eigenvalue weighted by Gasteiger charge is 2.43. The Morgan fingerprint density at radius 2 is 1.93 bits per heavy atom. The van der Waals surface area contributed by atoms with Crippen molar-refractivity contribution in [3.05, 3.63) is 41.0 Å². The van der Waals surface area contributed by atoms with Gasteiger partial charge >= 0.3 is 6.09 Å². The van der Waals surface area contributed by atoms with E-state index < -0.39 is 12.2 Å². The van der Waals surface area contributed by atoms with Gasteiger partial charge in [0.25, 0.3) is 0 Å². The van der Waals surface area contributed by atoms with Crippen LogP contribution < -0.4 is 14.5 Å². The van der Waals surface area contributed by atoms with Crippen LogP contribution in [0.25, 0.3) is 0 Å². The van der Waals surface area contributed by atoms with Gasteiger partial charge in [0, 0.05) is 19.2 Å². The Labute approximate surface area is 174 Å². The molecule has 0 aliphatic carbocycles. The second-order valence-electron chi connectivity index (χ2n) is 6.87. The molecule has 0 N–H and O–H groups in total. The van der Waals surface area contributed by atoms with Crippen LogP contribution in [0.2, 0.25) is 5.15 Å². The van der Waals surface area contributed by atoms with Crippen molar-refractivity contribution in [3.8, 4) is 5.75 Å². The largest absolute Gasteiger partial charge is 0.497 e. The van der Waals surface area contributed by atoms with E-state index in [4.69, 9.17) is 25.8 Å². The number of morpholine rings is 1. The first-order valence-electron chi connectivity index (χ1n) is 9.61. The highest BCUT2D eigenvalue weighted by Crippen LogP contribution is 2.38. The minimum absolute atomic E-state index is 0.209. The molecule has 0 spiro atoms. The second-order valence-corrected chi connectivity index (χ2v) is 7.26. The lowest BCUT2D eigenvalue weighted by Crippen LogP contribution is -2.38. The van der Waals surface area contributed by atoms with Gasteiger partial charge in [0.2, 0.25) is 5.95 Å². The number of methoxy groups -OCH3 is 1. The summed E-state index contributed by atoms with van der Waals surface area (Å²) in [5, 5.41) is 0.284. The molecular formula is C20H23ClN4O4. The van der Waals surface area contributed by atoms with Gasteiger partial charge in [0.15, 0.2) is 0 Å². The zero-order valence-electron chi connectivity index (χ0n) is 16.4. The maximum absolute atomic E-state index is 12.8. The molecule has 29 heavy (non-hydrogen) atoms. The number of aromatic nitrogens is 2. The van der Waals surface area contributed by atoms with Crippen LogP contribution in [0.3, 0.4) is 0 Å². The summed E-state index contributed by atoms with van der Waals surface area (Å²) in [7, 11) is 1.62. The molecule has 2 aliphatic rings. The summed E-state index contributed by atoms with van der Waals surface area (Å²) >= 11 is 6.27. The first-order valence-corrected chi connectivity index (χ1v) is 9.99. The zero-order valence-corrected chi connectivity index (χ0v) is 17.1. The fourth-order valence-electron chi connectivity index (χ4n) is 3.68. The minimum Gasteiger partial charge on any atom is -0.497 e. The summed E-state index contributed by atoms with van der Waals surface area (Å²) in [6, 6.07) is 8.93. The van der Waals surface area contributed by atoms with E-state index in [9.17, 15) is 4.79 Å². The molecule has 4 rings (SSSR count). The fraction of sp³-hybridized carbons (Fsp3) is 0.450. The first kappa shape index (κ1) is 19.7. The van der Waals surface area contributed by atoms with Crippen LogP contribution in [0.5, 0.6) is 5.75 Å². The van der Waals surface area contributed by atoms with Crippen molar-refractivity contribution in [2.45, 2.75) is 25.5 Å². The molecule has 1 amide bonds. The van der Waals surface area contributed by atoms with Crippen LogP contribution in [0.1, 0.15) is 25.0 Å². The normalized spacial score (nSPS) is 22.0. The van der Waals surface area contributed by atoms with Crippen molar-refractivity contribution >= 4 is 29.5 Å². The van der Waals surface area contributed by atoms with Gasteiger partial charge in [-0.25, -0.2) is 9.78 Å². The van der Waals surface area contributed by atoms with E-state index in [0.29, 0.717) is 44.5 Å². The molecular weight excluding hydrogens is 396 g/mol. The summed E-state index contributed by atoms with van der Waals surface area (Å²) in [6.07, 6.45) is -0.156. The van der Waals surface area contributed by atoms with Crippen molar-refractivity contribution in [3.63, 3.8) is 0 Å². The van der Waals surface area contributed by atoms with Crippen LogP contribution in [0.15, 0.2) is 30.3 Å². The molecule has 8 nitrogen and oxygen atoms in total. The van der Waals surface area contributed by atoms with E-state index in [1.807, 2.05) is 36.1 Å². The van der Waals surface area contributed by atoms with Gasteiger partial charge in [0.05, 0.1) is 26.4 Å². The van der Waals surface area contributed by atoms with Gasteiger partial charge in [-0.1, -0.05) is 30.7 Å². The fourth-order valence-corrected chi connectivity index (χ4v) is 3.85. The van der Waals surface area contributed by atoms with Crippen LogP contribution >= 0.6 is 11.6 Å². The maximum Gasteiger partial charge on any atom is 0.416 e. The van der Waals surface area contributed by atoms with Gasteiger partial charge in [-0.05, 0) is 24.1 Å². The molecule has 2 aromatic rings. The Kier molecular flexibility index (Phi) is 5.73. The molecule has 9 heteroatoms. The molecule has 0 unspecified atom stereocenters. The number of hydrogen-bond acceptors (Lipinski definition) is 7. The molecule has 2 fully saturated rings. The lowest BCUT2D eigenvalue weighted by Gasteiger charge is -2.28. The first-order chi connectivity index (χ1) is 14.1. The van der Waals surface area contributed by atoms with Crippen molar-refractivity contribution in [2.75, 3.05) is 43.2 Å². The number of carbonyl (C=O) groups excluding carboxylic acids is 1. The summed E-state index contributed by atoms with van der Waals surface area (Å²) < 4.78 is 16.3. The predicted octanol–water partition coefficient (Wildman–Crippen LogP) is 3.45. The lowest BCUT2D eigenvalue weighted by molar-refractivity contribution is 0.122. The third-order valence-corrected chi connectivity index (χ3v) is 5.37. The lowest BCUT2D eigenvalue weighted by atomic mass is 10.00. The van der Waals surface area contributed by atoms with Crippen molar-refractivity contribution in [1.82, 2.24) is 9.97 Å². The number of rotatable bonds is 5. The van der Waals surface area contributed by atoms with E-state index in [1.54, 1.807) is 18.1 Å². The molecule has 2 aliphatic heterocycles. The van der Waals surface area contributed by atoms with Crippen LogP contribution in [-0.2, 0) is 9.47 Å². The SMILES string of the molecule is CC[C@H]1[C@H](c2ccc(OC)cc2)OC(=O)N1c1cc(Cl)nc(N2CCOCC2)n1. The number of ether oxygens (including phenoxy) is 3. The van der Waals surface area contributed by atoms with E-state index in [0.717, 1.165) is 11.3 Å².